The number of alkyl halides is 3. The van der Waals surface area contributed by atoms with Crippen LogP contribution in [0.4, 0.5) is 19.1 Å². The van der Waals surface area contributed by atoms with Gasteiger partial charge in [-0.25, -0.2) is 9.97 Å². The predicted octanol–water partition coefficient (Wildman–Crippen LogP) is 3.52. The predicted molar refractivity (Wildman–Crippen MR) is 85.9 cm³/mol. The molecule has 0 aliphatic carbocycles. The quantitative estimate of drug-likeness (QED) is 0.756. The van der Waals surface area contributed by atoms with Crippen LogP contribution in [0.1, 0.15) is 15.9 Å². The molecule has 0 aliphatic rings. The van der Waals surface area contributed by atoms with E-state index in [0.29, 0.717) is 10.2 Å². The molecule has 1 amide bonds. The number of anilines is 1. The third-order valence-corrected chi connectivity index (χ3v) is 4.26. The Kier molecular flexibility index (Phi) is 3.88. The maximum Gasteiger partial charge on any atom is 0.416 e. The Hall–Kier alpha value is -2.68. The fourth-order valence-electron chi connectivity index (χ4n) is 2.29. The molecule has 2 aromatic heterocycles. The zero-order valence-electron chi connectivity index (χ0n) is 12.3. The largest absolute Gasteiger partial charge is 0.416 e. The summed E-state index contributed by atoms with van der Waals surface area (Å²) in [5, 5.41) is 4.64. The molecule has 0 unspecified atom stereocenters. The Labute approximate surface area is 138 Å². The second kappa shape index (κ2) is 5.75. The molecule has 2 heterocycles. The number of carbonyl (C=O) groups is 1. The number of rotatable bonds is 3. The van der Waals surface area contributed by atoms with Gasteiger partial charge in [0.1, 0.15) is 4.83 Å². The summed E-state index contributed by atoms with van der Waals surface area (Å²) in [6.07, 6.45) is -4.48. The molecule has 3 N–H and O–H groups in total. The van der Waals surface area contributed by atoms with Crippen LogP contribution >= 0.6 is 11.3 Å². The lowest BCUT2D eigenvalue weighted by molar-refractivity contribution is -0.137. The van der Waals surface area contributed by atoms with Crippen molar-refractivity contribution >= 4 is 33.4 Å². The standard InChI is InChI=1S/C15H11F3N4OS/c1-20-14-21-11(7-3-2-4-8(5-7)15(16,17)18)10-9(12(19)23)6-24-13(10)22-14/h2-6H,1H3,(H2,19,23)(H,20,21,22). The number of hydrogen-bond acceptors (Lipinski definition) is 5. The van der Waals surface area contributed by atoms with Crippen LogP contribution < -0.4 is 11.1 Å². The highest BCUT2D eigenvalue weighted by atomic mass is 32.1. The number of aromatic nitrogens is 2. The molecule has 0 spiro atoms. The smallest absolute Gasteiger partial charge is 0.366 e. The number of nitrogens with one attached hydrogen (secondary N) is 1. The van der Waals surface area contributed by atoms with Gasteiger partial charge in [-0.15, -0.1) is 11.3 Å². The van der Waals surface area contributed by atoms with Crippen molar-refractivity contribution < 1.29 is 18.0 Å². The number of nitrogens with two attached hydrogens (primary N) is 1. The molecule has 124 valence electrons. The normalized spacial score (nSPS) is 11.7. The number of carbonyl (C=O) groups excluding carboxylic acids is 1. The van der Waals surface area contributed by atoms with E-state index in [2.05, 4.69) is 15.3 Å². The molecule has 9 heteroatoms. The van der Waals surface area contributed by atoms with Gasteiger partial charge in [0.25, 0.3) is 0 Å². The number of benzene rings is 1. The van der Waals surface area contributed by atoms with Crippen LogP contribution in [0.3, 0.4) is 0 Å². The third kappa shape index (κ3) is 2.78. The van der Waals surface area contributed by atoms with Crippen molar-refractivity contribution in [1.29, 1.82) is 0 Å². The summed E-state index contributed by atoms with van der Waals surface area (Å²) in [5.41, 5.74) is 5.20. The molecule has 0 fully saturated rings. The number of nitrogens with zero attached hydrogens (tertiary/aromatic N) is 2. The number of halogens is 3. The molecule has 24 heavy (non-hydrogen) atoms. The van der Waals surface area contributed by atoms with Crippen LogP contribution in [0.15, 0.2) is 29.6 Å². The van der Waals surface area contributed by atoms with Crippen molar-refractivity contribution in [2.75, 3.05) is 12.4 Å². The average molecular weight is 352 g/mol. The van der Waals surface area contributed by atoms with E-state index in [0.717, 1.165) is 12.1 Å². The van der Waals surface area contributed by atoms with Crippen molar-refractivity contribution in [3.8, 4) is 11.3 Å². The first-order valence-corrected chi connectivity index (χ1v) is 7.63. The van der Waals surface area contributed by atoms with Gasteiger partial charge in [0.05, 0.1) is 22.2 Å². The van der Waals surface area contributed by atoms with Gasteiger partial charge in [-0.05, 0) is 12.1 Å². The van der Waals surface area contributed by atoms with Crippen LogP contribution in [-0.4, -0.2) is 22.9 Å². The lowest BCUT2D eigenvalue weighted by Gasteiger charge is -2.10. The van der Waals surface area contributed by atoms with Crippen molar-refractivity contribution in [1.82, 2.24) is 9.97 Å². The summed E-state index contributed by atoms with van der Waals surface area (Å²) in [4.78, 5) is 20.5. The van der Waals surface area contributed by atoms with Gasteiger partial charge in [-0.2, -0.15) is 13.2 Å². The molecule has 5 nitrogen and oxygen atoms in total. The minimum Gasteiger partial charge on any atom is -0.366 e. The van der Waals surface area contributed by atoms with Crippen LogP contribution in [-0.2, 0) is 6.18 Å². The fourth-order valence-corrected chi connectivity index (χ4v) is 3.21. The molecule has 0 aliphatic heterocycles. The molecular formula is C15H11F3N4OS. The number of thiophene rings is 1. The van der Waals surface area contributed by atoms with Gasteiger partial charge >= 0.3 is 6.18 Å². The summed E-state index contributed by atoms with van der Waals surface area (Å²) in [6, 6.07) is 4.76. The topological polar surface area (TPSA) is 80.9 Å². The van der Waals surface area contributed by atoms with E-state index in [4.69, 9.17) is 5.73 Å². The fraction of sp³-hybridized carbons (Fsp3) is 0.133. The number of primary amides is 1. The molecule has 0 saturated carbocycles. The third-order valence-electron chi connectivity index (χ3n) is 3.39. The van der Waals surface area contributed by atoms with Gasteiger partial charge in [0.2, 0.25) is 11.9 Å². The van der Waals surface area contributed by atoms with Crippen molar-refractivity contribution in [2.45, 2.75) is 6.18 Å². The molecule has 3 aromatic rings. The van der Waals surface area contributed by atoms with E-state index < -0.39 is 17.6 Å². The van der Waals surface area contributed by atoms with E-state index in [-0.39, 0.29) is 22.8 Å². The van der Waals surface area contributed by atoms with Crippen LogP contribution in [0.2, 0.25) is 0 Å². The van der Waals surface area contributed by atoms with Crippen molar-refractivity contribution in [2.24, 2.45) is 5.73 Å². The number of amides is 1. The second-order valence-electron chi connectivity index (χ2n) is 4.92. The molecule has 0 atom stereocenters. The molecule has 0 radical (unpaired) electrons. The number of hydrogen-bond donors (Lipinski definition) is 2. The van der Waals surface area contributed by atoms with Gasteiger partial charge in [0.15, 0.2) is 0 Å². The Morgan fingerprint density at radius 2 is 2.04 bits per heavy atom. The highest BCUT2D eigenvalue weighted by Gasteiger charge is 2.31. The summed E-state index contributed by atoms with van der Waals surface area (Å²) in [6.45, 7) is 0. The highest BCUT2D eigenvalue weighted by Crippen LogP contribution is 2.36. The average Bonchev–Trinajstić information content (AvgIpc) is 2.97. The Bertz CT molecular complexity index is 936. The van der Waals surface area contributed by atoms with Crippen molar-refractivity contribution in [3.05, 3.63) is 40.8 Å². The van der Waals surface area contributed by atoms with Gasteiger partial charge in [-0.1, -0.05) is 12.1 Å². The first-order chi connectivity index (χ1) is 11.3. The van der Waals surface area contributed by atoms with Crippen molar-refractivity contribution in [3.63, 3.8) is 0 Å². The monoisotopic (exact) mass is 352 g/mol. The summed E-state index contributed by atoms with van der Waals surface area (Å²) < 4.78 is 38.9. The van der Waals surface area contributed by atoms with E-state index in [1.54, 1.807) is 7.05 Å². The van der Waals surface area contributed by atoms with E-state index in [9.17, 15) is 18.0 Å². The molecule has 3 rings (SSSR count). The Morgan fingerprint density at radius 3 is 2.67 bits per heavy atom. The minimum absolute atomic E-state index is 0.185. The van der Waals surface area contributed by atoms with Gasteiger partial charge in [-0.3, -0.25) is 4.79 Å². The van der Waals surface area contributed by atoms with Gasteiger partial charge in [0, 0.05) is 18.0 Å². The summed E-state index contributed by atoms with van der Waals surface area (Å²) in [5.74, 6) is -0.442. The van der Waals surface area contributed by atoms with E-state index in [1.165, 1.54) is 28.8 Å². The molecule has 0 bridgehead atoms. The minimum atomic E-state index is -4.48. The highest BCUT2D eigenvalue weighted by molar-refractivity contribution is 7.17. The molecule has 0 saturated heterocycles. The number of fused-ring (bicyclic) bond motifs is 1. The Balaban J connectivity index is 2.32. The molecular weight excluding hydrogens is 341 g/mol. The first-order valence-electron chi connectivity index (χ1n) is 6.75. The molecule has 1 aromatic carbocycles. The zero-order valence-corrected chi connectivity index (χ0v) is 13.1. The lowest BCUT2D eigenvalue weighted by atomic mass is 10.0. The van der Waals surface area contributed by atoms with E-state index >= 15 is 0 Å². The van der Waals surface area contributed by atoms with Crippen LogP contribution in [0, 0.1) is 0 Å². The second-order valence-corrected chi connectivity index (χ2v) is 5.78. The summed E-state index contributed by atoms with van der Waals surface area (Å²) in [7, 11) is 1.60. The zero-order chi connectivity index (χ0) is 17.5. The van der Waals surface area contributed by atoms with E-state index in [1.807, 2.05) is 0 Å². The SMILES string of the molecule is CNc1nc(-c2cccc(C(F)(F)F)c2)c2c(C(N)=O)csc2n1. The summed E-state index contributed by atoms with van der Waals surface area (Å²) >= 11 is 1.18. The Morgan fingerprint density at radius 1 is 1.29 bits per heavy atom. The van der Waals surface area contributed by atoms with Crippen LogP contribution in [0.25, 0.3) is 21.5 Å². The first kappa shape index (κ1) is 16.2. The lowest BCUT2D eigenvalue weighted by Crippen LogP contribution is -2.11. The maximum atomic E-state index is 13.0. The van der Waals surface area contributed by atoms with Crippen LogP contribution in [0.5, 0.6) is 0 Å². The maximum absolute atomic E-state index is 13.0. The van der Waals surface area contributed by atoms with Gasteiger partial charge < -0.3 is 11.1 Å².